The molecule has 0 aromatic heterocycles. The number of alkyl carbamates (subject to hydrolysis) is 2. The van der Waals surface area contributed by atoms with Gasteiger partial charge in [-0.05, 0) is 75.8 Å². The Morgan fingerprint density at radius 2 is 1.14 bits per heavy atom. The summed E-state index contributed by atoms with van der Waals surface area (Å²) in [5.74, 6) is -11.5. The van der Waals surface area contributed by atoms with Crippen LogP contribution in [0, 0.1) is 17.8 Å². The number of guanidine groups is 1. The highest BCUT2D eigenvalue weighted by Crippen LogP contribution is 2.21. The van der Waals surface area contributed by atoms with Gasteiger partial charge in [0.2, 0.25) is 47.3 Å². The summed E-state index contributed by atoms with van der Waals surface area (Å²) in [5, 5.41) is 64.7. The molecule has 2 aromatic carbocycles. The van der Waals surface area contributed by atoms with E-state index in [4.69, 9.17) is 31.2 Å². The maximum Gasteiger partial charge on any atom is 0.408 e. The minimum Gasteiger partial charge on any atom is -0.480 e. The quantitative estimate of drug-likeness (QED) is 0.0208. The van der Waals surface area contributed by atoms with E-state index < -0.39 is 163 Å². The summed E-state index contributed by atoms with van der Waals surface area (Å²) < 4.78 is 11.0. The van der Waals surface area contributed by atoms with Crippen molar-refractivity contribution in [1.82, 2.24) is 53.2 Å². The molecule has 0 spiro atoms. The molecule has 0 bridgehead atoms. The van der Waals surface area contributed by atoms with Crippen molar-refractivity contribution in [1.29, 1.82) is 0 Å². The zero-order valence-electron chi connectivity index (χ0n) is 50.8. The van der Waals surface area contributed by atoms with Crippen molar-refractivity contribution in [3.8, 4) is 0 Å². The Hall–Kier alpha value is -8.64. The van der Waals surface area contributed by atoms with Gasteiger partial charge in [0.1, 0.15) is 54.5 Å². The van der Waals surface area contributed by atoms with E-state index >= 15 is 0 Å². The molecule has 0 aliphatic carbocycles. The molecule has 0 aliphatic heterocycles. The van der Waals surface area contributed by atoms with E-state index in [2.05, 4.69) is 52.8 Å². The highest BCUT2D eigenvalue weighted by molar-refractivity contribution is 5.98. The number of benzene rings is 2. The third kappa shape index (κ3) is 27.5. The van der Waals surface area contributed by atoms with Gasteiger partial charge >= 0.3 is 18.2 Å². The van der Waals surface area contributed by atoms with Crippen LogP contribution in [0.4, 0.5) is 9.59 Å². The molecule has 18 N–H and O–H groups in total. The van der Waals surface area contributed by atoms with Gasteiger partial charge in [-0.2, -0.15) is 0 Å². The van der Waals surface area contributed by atoms with Crippen molar-refractivity contribution >= 4 is 71.4 Å². The number of aliphatic carboxylic acids is 1. The maximum atomic E-state index is 14.8. The van der Waals surface area contributed by atoms with Gasteiger partial charge in [-0.25, -0.2) is 14.4 Å². The molecule has 0 saturated carbocycles. The van der Waals surface area contributed by atoms with Crippen LogP contribution in [0.15, 0.2) is 65.7 Å². The molecular formula is C57H89N13O17. The number of rotatable bonds is 35. The fourth-order valence-corrected chi connectivity index (χ4v) is 8.14. The van der Waals surface area contributed by atoms with E-state index in [1.807, 2.05) is 5.32 Å². The van der Waals surface area contributed by atoms with Crippen molar-refractivity contribution in [2.45, 2.75) is 168 Å². The predicted octanol–water partition coefficient (Wildman–Crippen LogP) is -1.69. The molecule has 0 unspecified atom stereocenters. The van der Waals surface area contributed by atoms with E-state index in [0.29, 0.717) is 11.1 Å². The number of nitrogens with two attached hydrogens (primary N) is 2. The van der Waals surface area contributed by atoms with Crippen LogP contribution < -0.4 is 64.6 Å². The van der Waals surface area contributed by atoms with Crippen LogP contribution in [-0.4, -0.2) is 178 Å². The predicted molar refractivity (Wildman–Crippen MR) is 316 cm³/mol. The Labute approximate surface area is 505 Å². The number of carbonyl (C=O) groups is 11. The van der Waals surface area contributed by atoms with Crippen molar-refractivity contribution in [2.24, 2.45) is 34.2 Å². The molecule has 484 valence electrons. The Kier molecular flexibility index (Phi) is 31.7. The van der Waals surface area contributed by atoms with Crippen LogP contribution in [-0.2, 0) is 59.2 Å². The van der Waals surface area contributed by atoms with E-state index in [0.717, 1.165) is 6.92 Å². The molecule has 2 rings (SSSR count). The number of nitrogens with one attached hydrogen (secondary N) is 10. The first-order chi connectivity index (χ1) is 40.8. The second kappa shape index (κ2) is 37.0. The van der Waals surface area contributed by atoms with Crippen LogP contribution in [0.2, 0.25) is 0 Å². The number of carbonyl (C=O) groups excluding carboxylic acids is 10. The van der Waals surface area contributed by atoms with Crippen molar-refractivity contribution in [2.75, 3.05) is 26.2 Å². The van der Waals surface area contributed by atoms with E-state index in [1.54, 1.807) is 123 Å². The number of carboxylic acid groups (broad SMARTS) is 1. The highest BCUT2D eigenvalue weighted by Gasteiger charge is 2.41. The van der Waals surface area contributed by atoms with E-state index in [9.17, 15) is 63.0 Å². The van der Waals surface area contributed by atoms with E-state index in [-0.39, 0.29) is 50.7 Å². The molecule has 30 heteroatoms. The van der Waals surface area contributed by atoms with Crippen LogP contribution in [0.5, 0.6) is 0 Å². The van der Waals surface area contributed by atoms with Crippen LogP contribution in [0.1, 0.15) is 112 Å². The lowest BCUT2D eigenvalue weighted by molar-refractivity contribution is -0.142. The minimum absolute atomic E-state index is 0.0256. The molecule has 0 radical (unpaired) electrons. The monoisotopic (exact) mass is 1230 g/mol. The van der Waals surface area contributed by atoms with Gasteiger partial charge in [-0.3, -0.25) is 43.3 Å². The number of nitrogens with zero attached hydrogens (tertiary/aromatic N) is 1. The summed E-state index contributed by atoms with van der Waals surface area (Å²) in [7, 11) is 0. The Morgan fingerprint density at radius 3 is 1.68 bits per heavy atom. The lowest BCUT2D eigenvalue weighted by Gasteiger charge is -2.33. The van der Waals surface area contributed by atoms with Gasteiger partial charge < -0.3 is 94.5 Å². The van der Waals surface area contributed by atoms with Crippen LogP contribution >= 0.6 is 0 Å². The molecular weight excluding hydrogens is 1140 g/mol. The number of hydrogen-bond donors (Lipinski definition) is 16. The molecule has 2 aromatic rings. The van der Waals surface area contributed by atoms with Crippen molar-refractivity contribution in [3.63, 3.8) is 0 Å². The molecule has 11 atom stereocenters. The molecule has 0 fully saturated rings. The number of ether oxygens (including phenoxy) is 2. The standard InChI is InChI=1S/C57H89N13O17/c1-11-32(6)41(50(79)67-42(33(7)72)49(78)62-26-39(73)61-27-40(74)63-38(28-71)53(82)83)66-47(76)36(23-18-24-60-54(58)59)64-48(77)37(25-30(2)3)65-52(81)45(46(75)31(4)5)68-51(80)44(70-55(84)86-29-34-19-14-12-15-20-34)43(35-21-16-13-17-22-35)69-56(85)87-57(8,9)10/h12-17,19-22,30-33,36-38,41-46,71-72,75H,11,18,23-29H2,1-10H3,(H,61,73)(H,62,78)(H,63,74)(H,64,77)(H,65,81)(H,66,76)(H,67,79)(H,68,80)(H,69,85)(H,70,84)(H,82,83)(H4,58,59,60)/t32-,33-,36+,37-,38-,41-,42-,43+,44-,45-,46+/m0/s1. The fourth-order valence-electron chi connectivity index (χ4n) is 8.14. The number of aliphatic hydroxyl groups excluding tert-OH is 3. The lowest BCUT2D eigenvalue weighted by Crippen LogP contribution is -2.63. The zero-order chi connectivity index (χ0) is 65.7. The molecule has 87 heavy (non-hydrogen) atoms. The second-order valence-electron chi connectivity index (χ2n) is 22.4. The normalized spacial score (nSPS) is 15.0. The van der Waals surface area contributed by atoms with Gasteiger partial charge in [-0.15, -0.1) is 0 Å². The first-order valence-corrected chi connectivity index (χ1v) is 28.4. The summed E-state index contributed by atoms with van der Waals surface area (Å²) >= 11 is 0. The van der Waals surface area contributed by atoms with Crippen molar-refractivity contribution < 1.29 is 82.6 Å². The summed E-state index contributed by atoms with van der Waals surface area (Å²) in [6.45, 7) is 13.2. The topological polar surface area (TPSA) is 472 Å². The summed E-state index contributed by atoms with van der Waals surface area (Å²) in [5.41, 5.74) is 11.0. The Bertz CT molecular complexity index is 2640. The SMILES string of the molecule is CC[C@H](C)[C@H](NC(=O)[C@@H](CCCN=C(N)N)NC(=O)[C@H](CC(C)C)NC(=O)[C@@H](NC(=O)[C@@H](NC(=O)OCc1ccccc1)[C@H](NC(=O)OC(C)(C)C)c1ccccc1)[C@H](O)C(C)C)C(=O)N[C@H](C(=O)NCC(=O)NCC(=O)N[C@@H](CO)C(=O)O)[C@H](C)O. The van der Waals surface area contributed by atoms with Crippen molar-refractivity contribution in [3.05, 3.63) is 71.8 Å². The molecule has 10 amide bonds. The summed E-state index contributed by atoms with van der Waals surface area (Å²) in [4.78, 5) is 152. The average Bonchev–Trinajstić information content (AvgIpc) is 1.79. The average molecular weight is 1230 g/mol. The van der Waals surface area contributed by atoms with E-state index in [1.165, 1.54) is 0 Å². The summed E-state index contributed by atoms with van der Waals surface area (Å²) in [6, 6.07) is 3.86. The number of amides is 10. The zero-order valence-corrected chi connectivity index (χ0v) is 50.8. The lowest BCUT2D eigenvalue weighted by atomic mass is 9.95. The van der Waals surface area contributed by atoms with Gasteiger partial charge in [-0.1, -0.05) is 109 Å². The first-order valence-electron chi connectivity index (χ1n) is 28.4. The fraction of sp³-hybridized carbons (Fsp3) is 0.579. The first kappa shape index (κ1) is 74.5. The largest absolute Gasteiger partial charge is 0.480 e. The third-order valence-corrected chi connectivity index (χ3v) is 13.0. The Balaban J connectivity index is 2.53. The number of aliphatic imine (C=N–C) groups is 1. The van der Waals surface area contributed by atoms with Gasteiger partial charge in [0, 0.05) is 6.54 Å². The molecule has 0 aliphatic rings. The van der Waals surface area contributed by atoms with Gasteiger partial charge in [0.05, 0.1) is 37.9 Å². The van der Waals surface area contributed by atoms with Crippen LogP contribution in [0.3, 0.4) is 0 Å². The van der Waals surface area contributed by atoms with Gasteiger partial charge in [0.25, 0.3) is 0 Å². The molecule has 30 nitrogen and oxygen atoms in total. The Morgan fingerprint density at radius 1 is 0.598 bits per heavy atom. The minimum atomic E-state index is -1.85. The van der Waals surface area contributed by atoms with Gasteiger partial charge in [0.15, 0.2) is 5.96 Å². The smallest absolute Gasteiger partial charge is 0.408 e. The second-order valence-corrected chi connectivity index (χ2v) is 22.4. The number of aliphatic hydroxyl groups is 3. The molecule has 0 heterocycles. The third-order valence-electron chi connectivity index (χ3n) is 13.0. The maximum absolute atomic E-state index is 14.8. The summed E-state index contributed by atoms with van der Waals surface area (Å²) in [6.07, 6.45) is -5.25. The number of hydrogen-bond acceptors (Lipinski definition) is 17. The molecule has 0 saturated heterocycles. The van der Waals surface area contributed by atoms with Crippen LogP contribution in [0.25, 0.3) is 0 Å². The number of carboxylic acids is 1. The highest BCUT2D eigenvalue weighted by atomic mass is 16.6.